The minimum atomic E-state index is -0.594. The number of benzene rings is 3. The van der Waals surface area contributed by atoms with Gasteiger partial charge in [-0.2, -0.15) is 0 Å². The molecule has 9 nitrogen and oxygen atoms in total. The number of anilines is 2. The first-order valence-corrected chi connectivity index (χ1v) is 13.2. The minimum Gasteiger partial charge on any atom is -0.493 e. The third kappa shape index (κ3) is 4.69. The number of hydrogen-bond acceptors (Lipinski definition) is 8. The van der Waals surface area contributed by atoms with Crippen LogP contribution >= 0.6 is 11.3 Å². The van der Waals surface area contributed by atoms with E-state index in [1.54, 1.807) is 73.0 Å². The highest BCUT2D eigenvalue weighted by Gasteiger charge is 2.36. The number of carbonyl (C=O) groups is 4. The van der Waals surface area contributed by atoms with Crippen LogP contribution in [0.25, 0.3) is 11.1 Å². The molecule has 4 aromatic rings. The summed E-state index contributed by atoms with van der Waals surface area (Å²) in [5.74, 6) is -1.02. The number of amides is 3. The molecule has 2 heterocycles. The van der Waals surface area contributed by atoms with E-state index in [1.807, 2.05) is 0 Å². The van der Waals surface area contributed by atoms with E-state index in [1.165, 1.54) is 31.6 Å². The van der Waals surface area contributed by atoms with Crippen molar-refractivity contribution in [2.75, 3.05) is 31.0 Å². The summed E-state index contributed by atoms with van der Waals surface area (Å²) < 4.78 is 16.0. The number of fused-ring (bicyclic) bond motifs is 1. The van der Waals surface area contributed by atoms with Gasteiger partial charge in [0.15, 0.2) is 11.5 Å². The summed E-state index contributed by atoms with van der Waals surface area (Å²) >= 11 is 1.17. The number of imide groups is 1. The molecule has 0 aliphatic carbocycles. The molecule has 1 N–H and O–H groups in total. The number of carbonyl (C=O) groups excluding carboxylic acids is 4. The third-order valence-electron chi connectivity index (χ3n) is 6.35. The van der Waals surface area contributed by atoms with E-state index in [0.717, 1.165) is 4.90 Å². The van der Waals surface area contributed by atoms with Gasteiger partial charge in [-0.05, 0) is 55.0 Å². The fourth-order valence-electron chi connectivity index (χ4n) is 4.46. The first kappa shape index (κ1) is 26.6. The van der Waals surface area contributed by atoms with Crippen LogP contribution in [0, 0.1) is 0 Å². The van der Waals surface area contributed by atoms with Crippen molar-refractivity contribution in [3.63, 3.8) is 0 Å². The molecule has 0 radical (unpaired) electrons. The lowest BCUT2D eigenvalue weighted by molar-refractivity contribution is 0.0528. The van der Waals surface area contributed by atoms with E-state index in [9.17, 15) is 19.2 Å². The van der Waals surface area contributed by atoms with Crippen LogP contribution in [-0.2, 0) is 4.74 Å². The number of nitrogens with one attached hydrogen (secondary N) is 1. The van der Waals surface area contributed by atoms with Gasteiger partial charge >= 0.3 is 5.97 Å². The molecule has 202 valence electrons. The highest BCUT2D eigenvalue weighted by atomic mass is 32.1. The molecule has 0 bridgehead atoms. The monoisotopic (exact) mass is 556 g/mol. The summed E-state index contributed by atoms with van der Waals surface area (Å²) in [6.45, 7) is 1.85. The summed E-state index contributed by atoms with van der Waals surface area (Å²) in [6, 6.07) is 18.0. The Kier molecular flexibility index (Phi) is 7.35. The summed E-state index contributed by atoms with van der Waals surface area (Å²) in [5.41, 5.74) is 2.51. The molecule has 0 atom stereocenters. The number of esters is 1. The van der Waals surface area contributed by atoms with Crippen molar-refractivity contribution in [3.05, 3.63) is 94.4 Å². The van der Waals surface area contributed by atoms with Crippen LogP contribution in [0.4, 0.5) is 10.7 Å². The highest BCUT2D eigenvalue weighted by Crippen LogP contribution is 2.40. The lowest BCUT2D eigenvalue weighted by Crippen LogP contribution is -2.29. The number of ether oxygens (including phenoxy) is 3. The van der Waals surface area contributed by atoms with Gasteiger partial charge in [-0.1, -0.05) is 24.3 Å². The fraction of sp³-hybridized carbons (Fsp3) is 0.133. The van der Waals surface area contributed by atoms with Crippen molar-refractivity contribution >= 4 is 45.7 Å². The number of thiophene rings is 1. The van der Waals surface area contributed by atoms with E-state index in [-0.39, 0.29) is 23.4 Å². The number of rotatable bonds is 8. The van der Waals surface area contributed by atoms with Crippen molar-refractivity contribution in [2.45, 2.75) is 6.92 Å². The Morgan fingerprint density at radius 3 is 2.20 bits per heavy atom. The van der Waals surface area contributed by atoms with Gasteiger partial charge in [-0.3, -0.25) is 14.4 Å². The van der Waals surface area contributed by atoms with E-state index >= 15 is 0 Å². The molecule has 0 fully saturated rings. The predicted octanol–water partition coefficient (Wildman–Crippen LogP) is 5.66. The first-order valence-electron chi connectivity index (χ1n) is 12.3. The van der Waals surface area contributed by atoms with Crippen LogP contribution in [0.1, 0.15) is 48.4 Å². The second-order valence-electron chi connectivity index (χ2n) is 8.64. The standard InChI is InChI=1S/C30H24N2O7S/c1-4-39-30(36)25-22(17-12-13-23(37-2)24(15-17)38-3)16-40-27(25)31-26(33)18-8-7-9-19(14-18)32-28(34)20-10-5-6-11-21(20)29(32)35/h5-16H,4H2,1-3H3,(H,31,33). The molecule has 0 saturated heterocycles. The summed E-state index contributed by atoms with van der Waals surface area (Å²) in [6.07, 6.45) is 0. The molecule has 40 heavy (non-hydrogen) atoms. The maximum atomic E-state index is 13.3. The lowest BCUT2D eigenvalue weighted by atomic mass is 10.0. The summed E-state index contributed by atoms with van der Waals surface area (Å²) in [4.78, 5) is 53.3. The average Bonchev–Trinajstić information content (AvgIpc) is 3.51. The third-order valence-corrected chi connectivity index (χ3v) is 7.25. The Labute approximate surface area is 233 Å². The van der Waals surface area contributed by atoms with E-state index in [4.69, 9.17) is 14.2 Å². The second-order valence-corrected chi connectivity index (χ2v) is 9.52. The van der Waals surface area contributed by atoms with Gasteiger partial charge in [0, 0.05) is 16.5 Å². The van der Waals surface area contributed by atoms with E-state index in [2.05, 4.69) is 5.32 Å². The second kappa shape index (κ2) is 11.0. The van der Waals surface area contributed by atoms with Crippen molar-refractivity contribution < 1.29 is 33.4 Å². The van der Waals surface area contributed by atoms with Gasteiger partial charge in [0.05, 0.1) is 37.6 Å². The maximum Gasteiger partial charge on any atom is 0.341 e. The summed E-state index contributed by atoms with van der Waals surface area (Å²) in [5, 5.41) is 4.84. The van der Waals surface area contributed by atoms with Crippen molar-refractivity contribution in [2.24, 2.45) is 0 Å². The van der Waals surface area contributed by atoms with Gasteiger partial charge in [0.1, 0.15) is 10.6 Å². The van der Waals surface area contributed by atoms with Gasteiger partial charge in [-0.15, -0.1) is 11.3 Å². The van der Waals surface area contributed by atoms with Crippen LogP contribution in [-0.4, -0.2) is 44.5 Å². The highest BCUT2D eigenvalue weighted by molar-refractivity contribution is 7.15. The molecule has 1 aliphatic rings. The Morgan fingerprint density at radius 2 is 1.55 bits per heavy atom. The Bertz CT molecular complexity index is 1620. The van der Waals surface area contributed by atoms with Crippen molar-refractivity contribution in [1.29, 1.82) is 0 Å². The Hall–Kier alpha value is -4.96. The zero-order valence-electron chi connectivity index (χ0n) is 21.8. The number of methoxy groups -OCH3 is 2. The topological polar surface area (TPSA) is 111 Å². The normalized spacial score (nSPS) is 12.2. The number of nitrogens with zero attached hydrogens (tertiary/aromatic N) is 1. The van der Waals surface area contributed by atoms with Crippen molar-refractivity contribution in [1.82, 2.24) is 0 Å². The van der Waals surface area contributed by atoms with Gasteiger partial charge < -0.3 is 19.5 Å². The smallest absolute Gasteiger partial charge is 0.341 e. The van der Waals surface area contributed by atoms with Crippen LogP contribution in [0.3, 0.4) is 0 Å². The molecule has 0 saturated carbocycles. The molecule has 1 aromatic heterocycles. The largest absolute Gasteiger partial charge is 0.493 e. The Balaban J connectivity index is 1.46. The van der Waals surface area contributed by atoms with Crippen LogP contribution in [0.15, 0.2) is 72.1 Å². The molecular formula is C30H24N2O7S. The molecule has 10 heteroatoms. The number of hydrogen-bond donors (Lipinski definition) is 1. The molecule has 0 spiro atoms. The zero-order chi connectivity index (χ0) is 28.4. The van der Waals surface area contributed by atoms with E-state index in [0.29, 0.717) is 38.8 Å². The molecule has 5 rings (SSSR count). The van der Waals surface area contributed by atoms with Crippen LogP contribution in [0.2, 0.25) is 0 Å². The zero-order valence-corrected chi connectivity index (χ0v) is 22.7. The van der Waals surface area contributed by atoms with Crippen molar-refractivity contribution in [3.8, 4) is 22.6 Å². The first-order chi connectivity index (χ1) is 19.4. The van der Waals surface area contributed by atoms with Crippen LogP contribution < -0.4 is 19.7 Å². The molecule has 0 unspecified atom stereocenters. The van der Waals surface area contributed by atoms with Crippen LogP contribution in [0.5, 0.6) is 11.5 Å². The molecule has 3 amide bonds. The quantitative estimate of drug-likeness (QED) is 0.220. The molecule has 3 aromatic carbocycles. The maximum absolute atomic E-state index is 13.3. The summed E-state index contributed by atoms with van der Waals surface area (Å²) in [7, 11) is 3.05. The fourth-order valence-corrected chi connectivity index (χ4v) is 5.41. The molecular weight excluding hydrogens is 532 g/mol. The predicted molar refractivity (Wildman–Crippen MR) is 151 cm³/mol. The van der Waals surface area contributed by atoms with E-state index < -0.39 is 23.7 Å². The average molecular weight is 557 g/mol. The molecule has 1 aliphatic heterocycles. The minimum absolute atomic E-state index is 0.149. The van der Waals surface area contributed by atoms with Gasteiger partial charge in [0.2, 0.25) is 0 Å². The Morgan fingerprint density at radius 1 is 0.850 bits per heavy atom. The van der Waals surface area contributed by atoms with Gasteiger partial charge in [0.25, 0.3) is 17.7 Å². The lowest BCUT2D eigenvalue weighted by Gasteiger charge is -2.15. The SMILES string of the molecule is CCOC(=O)c1c(-c2ccc(OC)c(OC)c2)csc1NC(=O)c1cccc(N2C(=O)c3ccccc3C2=O)c1. The van der Waals surface area contributed by atoms with Gasteiger partial charge in [-0.25, -0.2) is 9.69 Å².